The van der Waals surface area contributed by atoms with Crippen LogP contribution in [0.25, 0.3) is 11.1 Å². The zero-order chi connectivity index (χ0) is 23.5. The molecule has 1 aliphatic carbocycles. The number of nitrogens with zero attached hydrogens (tertiary/aromatic N) is 1. The number of rotatable bonds is 7. The average molecular weight is 453 g/mol. The number of carbonyl (C=O) groups is 3. The summed E-state index contributed by atoms with van der Waals surface area (Å²) < 4.78 is 5.50. The quantitative estimate of drug-likeness (QED) is 0.595. The first-order chi connectivity index (χ1) is 15.8. The van der Waals surface area contributed by atoms with Crippen LogP contribution < -0.4 is 5.32 Å². The summed E-state index contributed by atoms with van der Waals surface area (Å²) in [5.41, 5.74) is 4.57. The summed E-state index contributed by atoms with van der Waals surface area (Å²) >= 11 is 0. The lowest BCUT2D eigenvalue weighted by Crippen LogP contribution is -2.42. The van der Waals surface area contributed by atoms with Crippen molar-refractivity contribution in [2.75, 3.05) is 19.7 Å². The number of aliphatic hydroxyl groups excluding tert-OH is 1. The van der Waals surface area contributed by atoms with Gasteiger partial charge in [0.1, 0.15) is 12.6 Å². The minimum absolute atomic E-state index is 0.0162. The standard InChI is InChI=1S/C25H28N2O6/c1-15(10-23(29)27-13-16(28)11-22(27)24(30)31)12-26-25(32)33-14-21-19-8-4-2-6-17(19)18-7-3-5-9-20(18)21/h2-9,15-16,21-22,28H,10-14H2,1H3,(H,26,32)(H,30,31)/t15?,16?,22-/m0/s1. The summed E-state index contributed by atoms with van der Waals surface area (Å²) in [6.07, 6.45) is -1.28. The van der Waals surface area contributed by atoms with Crippen LogP contribution in [0.15, 0.2) is 48.5 Å². The third kappa shape index (κ3) is 4.85. The SMILES string of the molecule is CC(CNC(=O)OCC1c2ccccc2-c2ccccc21)CC(=O)N1CC(O)C[C@H]1C(=O)O. The van der Waals surface area contributed by atoms with Crippen LogP contribution in [0.1, 0.15) is 36.8 Å². The highest BCUT2D eigenvalue weighted by Gasteiger charge is 2.39. The molecular formula is C25H28N2O6. The number of likely N-dealkylation sites (tertiary alicyclic amines) is 1. The zero-order valence-electron chi connectivity index (χ0n) is 18.4. The van der Waals surface area contributed by atoms with Crippen molar-refractivity contribution in [3.05, 3.63) is 59.7 Å². The van der Waals surface area contributed by atoms with E-state index in [-0.39, 0.29) is 50.3 Å². The molecule has 2 aromatic rings. The number of alkyl carbamates (subject to hydrolysis) is 1. The Hall–Kier alpha value is -3.39. The Labute approximate surface area is 192 Å². The molecule has 0 aromatic heterocycles. The zero-order valence-corrected chi connectivity index (χ0v) is 18.4. The second kappa shape index (κ2) is 9.62. The Morgan fingerprint density at radius 1 is 1.09 bits per heavy atom. The second-order valence-corrected chi connectivity index (χ2v) is 8.81. The Morgan fingerprint density at radius 3 is 2.30 bits per heavy atom. The Kier molecular flexibility index (Phi) is 6.65. The monoisotopic (exact) mass is 452 g/mol. The molecule has 33 heavy (non-hydrogen) atoms. The molecule has 174 valence electrons. The molecule has 0 spiro atoms. The first-order valence-electron chi connectivity index (χ1n) is 11.1. The van der Waals surface area contributed by atoms with Gasteiger partial charge in [0.05, 0.1) is 6.10 Å². The van der Waals surface area contributed by atoms with Gasteiger partial charge in [-0.15, -0.1) is 0 Å². The smallest absolute Gasteiger partial charge is 0.407 e. The molecule has 2 aliphatic rings. The topological polar surface area (TPSA) is 116 Å². The average Bonchev–Trinajstić information content (AvgIpc) is 3.35. The molecule has 4 rings (SSSR count). The summed E-state index contributed by atoms with van der Waals surface area (Å²) in [5.74, 6) is -1.72. The molecule has 2 unspecified atom stereocenters. The van der Waals surface area contributed by atoms with Crippen LogP contribution >= 0.6 is 0 Å². The number of carbonyl (C=O) groups excluding carboxylic acids is 2. The van der Waals surface area contributed by atoms with Crippen LogP contribution in [0, 0.1) is 5.92 Å². The number of carboxylic acid groups (broad SMARTS) is 1. The van der Waals surface area contributed by atoms with Crippen molar-refractivity contribution in [3.63, 3.8) is 0 Å². The van der Waals surface area contributed by atoms with E-state index in [1.165, 1.54) is 4.90 Å². The molecule has 0 saturated carbocycles. The maximum atomic E-state index is 12.5. The minimum atomic E-state index is -1.12. The van der Waals surface area contributed by atoms with Gasteiger partial charge < -0.3 is 25.2 Å². The number of hydrogen-bond donors (Lipinski definition) is 3. The van der Waals surface area contributed by atoms with E-state index in [1.807, 2.05) is 24.3 Å². The molecule has 1 aliphatic heterocycles. The van der Waals surface area contributed by atoms with Crippen LogP contribution in [-0.2, 0) is 14.3 Å². The highest BCUT2D eigenvalue weighted by molar-refractivity contribution is 5.84. The lowest BCUT2D eigenvalue weighted by atomic mass is 9.98. The number of fused-ring (bicyclic) bond motifs is 3. The summed E-state index contributed by atoms with van der Waals surface area (Å²) in [4.78, 5) is 37.3. The van der Waals surface area contributed by atoms with Crippen molar-refractivity contribution < 1.29 is 29.3 Å². The fraction of sp³-hybridized carbons (Fsp3) is 0.400. The van der Waals surface area contributed by atoms with Crippen molar-refractivity contribution >= 4 is 18.0 Å². The molecule has 0 bridgehead atoms. The fourth-order valence-corrected chi connectivity index (χ4v) is 4.72. The molecule has 3 N–H and O–H groups in total. The van der Waals surface area contributed by atoms with Crippen molar-refractivity contribution in [2.24, 2.45) is 5.92 Å². The van der Waals surface area contributed by atoms with Gasteiger partial charge in [0.25, 0.3) is 0 Å². The number of nitrogens with one attached hydrogen (secondary N) is 1. The van der Waals surface area contributed by atoms with Crippen molar-refractivity contribution in [3.8, 4) is 11.1 Å². The van der Waals surface area contributed by atoms with E-state index in [1.54, 1.807) is 6.92 Å². The largest absolute Gasteiger partial charge is 0.480 e. The predicted molar refractivity (Wildman–Crippen MR) is 121 cm³/mol. The third-order valence-electron chi connectivity index (χ3n) is 6.35. The van der Waals surface area contributed by atoms with Crippen molar-refractivity contribution in [2.45, 2.75) is 37.8 Å². The maximum Gasteiger partial charge on any atom is 0.407 e. The van der Waals surface area contributed by atoms with Crippen LogP contribution in [0.5, 0.6) is 0 Å². The molecule has 1 fully saturated rings. The van der Waals surface area contributed by atoms with Gasteiger partial charge in [-0.1, -0.05) is 55.5 Å². The molecule has 8 nitrogen and oxygen atoms in total. The summed E-state index contributed by atoms with van der Waals surface area (Å²) in [7, 11) is 0. The normalized spacial score (nSPS) is 20.1. The molecule has 1 saturated heterocycles. The molecule has 0 radical (unpaired) electrons. The minimum Gasteiger partial charge on any atom is -0.480 e. The highest BCUT2D eigenvalue weighted by Crippen LogP contribution is 2.44. The van der Waals surface area contributed by atoms with Gasteiger partial charge in [0, 0.05) is 31.8 Å². The Morgan fingerprint density at radius 2 is 1.70 bits per heavy atom. The second-order valence-electron chi connectivity index (χ2n) is 8.81. The molecule has 1 heterocycles. The number of benzene rings is 2. The molecule has 3 atom stereocenters. The first-order valence-corrected chi connectivity index (χ1v) is 11.1. The third-order valence-corrected chi connectivity index (χ3v) is 6.35. The van der Waals surface area contributed by atoms with E-state index < -0.39 is 24.2 Å². The Bertz CT molecular complexity index is 1010. The summed E-state index contributed by atoms with van der Waals surface area (Å²) in [6, 6.07) is 15.2. The fourth-order valence-electron chi connectivity index (χ4n) is 4.72. The molecule has 8 heteroatoms. The van der Waals surface area contributed by atoms with Gasteiger partial charge in [0.15, 0.2) is 0 Å². The summed E-state index contributed by atoms with van der Waals surface area (Å²) in [5, 5.41) is 21.7. The molecule has 2 aromatic carbocycles. The maximum absolute atomic E-state index is 12.5. The van der Waals surface area contributed by atoms with E-state index in [2.05, 4.69) is 29.6 Å². The number of aliphatic carboxylic acids is 1. The van der Waals surface area contributed by atoms with Crippen LogP contribution in [-0.4, -0.2) is 64.9 Å². The lowest BCUT2D eigenvalue weighted by Gasteiger charge is -2.23. The van der Waals surface area contributed by atoms with Crippen LogP contribution in [0.2, 0.25) is 0 Å². The van der Waals surface area contributed by atoms with E-state index >= 15 is 0 Å². The number of hydrogen-bond acceptors (Lipinski definition) is 5. The number of carboxylic acids is 1. The van der Waals surface area contributed by atoms with E-state index in [0.717, 1.165) is 22.3 Å². The van der Waals surface area contributed by atoms with Gasteiger partial charge in [0.2, 0.25) is 5.91 Å². The number of amides is 2. The van der Waals surface area contributed by atoms with Gasteiger partial charge in [-0.25, -0.2) is 9.59 Å². The van der Waals surface area contributed by atoms with E-state index in [0.29, 0.717) is 0 Å². The van der Waals surface area contributed by atoms with Crippen molar-refractivity contribution in [1.82, 2.24) is 10.2 Å². The van der Waals surface area contributed by atoms with Gasteiger partial charge in [-0.2, -0.15) is 0 Å². The van der Waals surface area contributed by atoms with Gasteiger partial charge >= 0.3 is 12.1 Å². The highest BCUT2D eigenvalue weighted by atomic mass is 16.5. The predicted octanol–water partition coefficient (Wildman–Crippen LogP) is 2.60. The number of β-amino-alcohol motifs (C(OH)–C–C–N with tert-alkyl or cyclic N) is 1. The number of ether oxygens (including phenoxy) is 1. The number of aliphatic hydroxyl groups is 1. The van der Waals surface area contributed by atoms with Crippen molar-refractivity contribution in [1.29, 1.82) is 0 Å². The molecule has 2 amide bonds. The van der Waals surface area contributed by atoms with Gasteiger partial charge in [-0.05, 0) is 28.2 Å². The molecular weight excluding hydrogens is 424 g/mol. The Balaban J connectivity index is 1.27. The van der Waals surface area contributed by atoms with Gasteiger partial charge in [-0.3, -0.25) is 4.79 Å². The summed E-state index contributed by atoms with van der Waals surface area (Å²) in [6.45, 7) is 2.24. The van der Waals surface area contributed by atoms with E-state index in [9.17, 15) is 24.6 Å². The first kappa shape index (κ1) is 22.8. The lowest BCUT2D eigenvalue weighted by molar-refractivity contribution is -0.148. The van der Waals surface area contributed by atoms with Crippen LogP contribution in [0.4, 0.5) is 4.79 Å². The van der Waals surface area contributed by atoms with E-state index in [4.69, 9.17) is 4.74 Å². The van der Waals surface area contributed by atoms with Crippen LogP contribution in [0.3, 0.4) is 0 Å².